The summed E-state index contributed by atoms with van der Waals surface area (Å²) in [4.78, 5) is 12.1. The van der Waals surface area contributed by atoms with Crippen LogP contribution in [0.4, 0.5) is 0 Å². The van der Waals surface area contributed by atoms with Gasteiger partial charge in [-0.15, -0.1) is 0 Å². The molecule has 4 nitrogen and oxygen atoms in total. The molecule has 33 heavy (non-hydrogen) atoms. The van der Waals surface area contributed by atoms with Crippen LogP contribution >= 0.6 is 0 Å². The Hall–Kier alpha value is -0.610. The standard InChI is InChI=1S/C29H58O4/c1-4-6-8-10-12-14-15-16-17-18-20-22-24-29(28(31)32,26-27(3)30)33-25-23-21-19-13-11-9-7-5-2/h27,30H,4-26H2,1-3H3,(H,31,32). The maximum Gasteiger partial charge on any atom is 0.336 e. The summed E-state index contributed by atoms with van der Waals surface area (Å²) in [5, 5.41) is 19.9. The first-order valence-electron chi connectivity index (χ1n) is 14.5. The highest BCUT2D eigenvalue weighted by molar-refractivity contribution is 5.77. The summed E-state index contributed by atoms with van der Waals surface area (Å²) in [6.45, 7) is 6.64. The minimum Gasteiger partial charge on any atom is -0.479 e. The molecule has 0 spiro atoms. The molecule has 2 atom stereocenters. The van der Waals surface area contributed by atoms with Crippen molar-refractivity contribution in [1.82, 2.24) is 0 Å². The fraction of sp³-hybridized carbons (Fsp3) is 0.966. The van der Waals surface area contributed by atoms with E-state index in [4.69, 9.17) is 4.74 Å². The zero-order valence-corrected chi connectivity index (χ0v) is 22.6. The lowest BCUT2D eigenvalue weighted by atomic mass is 9.89. The zero-order chi connectivity index (χ0) is 24.6. The summed E-state index contributed by atoms with van der Waals surface area (Å²) >= 11 is 0. The molecule has 0 aliphatic carbocycles. The molecule has 0 aromatic rings. The molecule has 4 heteroatoms. The molecule has 0 saturated heterocycles. The fourth-order valence-electron chi connectivity index (χ4n) is 4.72. The number of rotatable bonds is 26. The van der Waals surface area contributed by atoms with Crippen LogP contribution in [0, 0.1) is 0 Å². The van der Waals surface area contributed by atoms with Gasteiger partial charge in [-0.25, -0.2) is 4.79 Å². The summed E-state index contributed by atoms with van der Waals surface area (Å²) in [6, 6.07) is 0. The number of carbonyl (C=O) groups is 1. The Morgan fingerprint density at radius 3 is 1.39 bits per heavy atom. The number of unbranched alkanes of at least 4 members (excludes halogenated alkanes) is 18. The van der Waals surface area contributed by atoms with Crippen LogP contribution in [0.25, 0.3) is 0 Å². The predicted octanol–water partition coefficient (Wildman–Crippen LogP) is 8.83. The normalized spacial score (nSPS) is 14.3. The second-order valence-electron chi connectivity index (χ2n) is 10.3. The van der Waals surface area contributed by atoms with Crippen LogP contribution < -0.4 is 0 Å². The van der Waals surface area contributed by atoms with Crippen molar-refractivity contribution in [2.24, 2.45) is 0 Å². The van der Waals surface area contributed by atoms with Crippen molar-refractivity contribution in [1.29, 1.82) is 0 Å². The second-order valence-corrected chi connectivity index (χ2v) is 10.3. The van der Waals surface area contributed by atoms with E-state index in [1.54, 1.807) is 6.92 Å². The summed E-state index contributed by atoms with van der Waals surface area (Å²) in [5.41, 5.74) is -1.23. The minimum absolute atomic E-state index is 0.178. The molecule has 198 valence electrons. The molecular weight excluding hydrogens is 412 g/mol. The number of carboxylic acids is 1. The molecule has 0 aromatic carbocycles. The molecule has 0 amide bonds. The summed E-state index contributed by atoms with van der Waals surface area (Å²) in [5.74, 6) is -0.911. The van der Waals surface area contributed by atoms with Crippen molar-refractivity contribution in [3.05, 3.63) is 0 Å². The SMILES string of the molecule is CCCCCCCCCCCCCCC(CC(C)O)(OCCCCCCCCCC)C(=O)O. The molecule has 0 rings (SSSR count). The van der Waals surface area contributed by atoms with Gasteiger partial charge in [-0.2, -0.15) is 0 Å². The zero-order valence-electron chi connectivity index (χ0n) is 22.6. The van der Waals surface area contributed by atoms with Gasteiger partial charge in [0, 0.05) is 13.0 Å². The average Bonchev–Trinajstić information content (AvgIpc) is 2.78. The lowest BCUT2D eigenvalue weighted by Crippen LogP contribution is -2.44. The number of hydrogen-bond donors (Lipinski definition) is 2. The lowest BCUT2D eigenvalue weighted by molar-refractivity contribution is -0.172. The summed E-state index contributed by atoms with van der Waals surface area (Å²) < 4.78 is 5.99. The molecule has 0 bridgehead atoms. The van der Waals surface area contributed by atoms with Gasteiger partial charge >= 0.3 is 5.97 Å². The Labute approximate surface area is 206 Å². The molecule has 2 N–H and O–H groups in total. The third-order valence-electron chi connectivity index (χ3n) is 6.83. The Morgan fingerprint density at radius 2 is 1.03 bits per heavy atom. The van der Waals surface area contributed by atoms with Gasteiger partial charge in [0.1, 0.15) is 0 Å². The van der Waals surface area contributed by atoms with Crippen molar-refractivity contribution >= 4 is 5.97 Å². The molecular formula is C29H58O4. The predicted molar refractivity (Wildman–Crippen MR) is 141 cm³/mol. The second kappa shape index (κ2) is 23.1. The first-order valence-corrected chi connectivity index (χ1v) is 14.5. The van der Waals surface area contributed by atoms with E-state index in [0.717, 1.165) is 32.1 Å². The maximum absolute atomic E-state index is 12.1. The van der Waals surface area contributed by atoms with Crippen LogP contribution in [0.15, 0.2) is 0 Å². The van der Waals surface area contributed by atoms with Crippen LogP contribution in [0.5, 0.6) is 0 Å². The van der Waals surface area contributed by atoms with E-state index in [9.17, 15) is 15.0 Å². The first kappa shape index (κ1) is 32.4. The maximum atomic E-state index is 12.1. The van der Waals surface area contributed by atoms with Gasteiger partial charge in [0.25, 0.3) is 0 Å². The van der Waals surface area contributed by atoms with E-state index in [0.29, 0.717) is 13.0 Å². The fourth-order valence-corrected chi connectivity index (χ4v) is 4.72. The molecule has 0 aromatic heterocycles. The van der Waals surface area contributed by atoms with Crippen LogP contribution in [0.1, 0.15) is 162 Å². The van der Waals surface area contributed by atoms with Gasteiger partial charge in [0.2, 0.25) is 0 Å². The van der Waals surface area contributed by atoms with E-state index in [1.165, 1.54) is 96.3 Å². The van der Waals surface area contributed by atoms with Crippen molar-refractivity contribution in [3.63, 3.8) is 0 Å². The molecule has 0 radical (unpaired) electrons. The average molecular weight is 471 g/mol. The van der Waals surface area contributed by atoms with Gasteiger partial charge in [-0.1, -0.05) is 129 Å². The quantitative estimate of drug-likeness (QED) is 0.124. The molecule has 0 heterocycles. The number of aliphatic hydroxyl groups excluding tert-OH is 1. The Balaban J connectivity index is 4.07. The largest absolute Gasteiger partial charge is 0.479 e. The van der Waals surface area contributed by atoms with E-state index in [2.05, 4.69) is 13.8 Å². The highest BCUT2D eigenvalue weighted by Gasteiger charge is 2.40. The number of carboxylic acid groups (broad SMARTS) is 1. The van der Waals surface area contributed by atoms with Gasteiger partial charge in [0.15, 0.2) is 5.60 Å². The topological polar surface area (TPSA) is 66.8 Å². The molecule has 2 unspecified atom stereocenters. The summed E-state index contributed by atoms with van der Waals surface area (Å²) in [6.07, 6.45) is 24.8. The third-order valence-corrected chi connectivity index (χ3v) is 6.83. The Morgan fingerprint density at radius 1 is 0.667 bits per heavy atom. The number of aliphatic hydroxyl groups is 1. The van der Waals surface area contributed by atoms with E-state index in [-0.39, 0.29) is 6.42 Å². The Bertz CT molecular complexity index is 424. The Kier molecular flexibility index (Phi) is 22.7. The van der Waals surface area contributed by atoms with E-state index < -0.39 is 17.7 Å². The minimum atomic E-state index is -1.23. The number of hydrogen-bond acceptors (Lipinski definition) is 3. The van der Waals surface area contributed by atoms with Crippen LogP contribution in [0.3, 0.4) is 0 Å². The number of aliphatic carboxylic acids is 1. The highest BCUT2D eigenvalue weighted by atomic mass is 16.5. The molecule has 0 saturated carbocycles. The summed E-state index contributed by atoms with van der Waals surface area (Å²) in [7, 11) is 0. The van der Waals surface area contributed by atoms with Crippen molar-refractivity contribution in [2.45, 2.75) is 174 Å². The van der Waals surface area contributed by atoms with Crippen molar-refractivity contribution < 1.29 is 19.7 Å². The third kappa shape index (κ3) is 19.4. The van der Waals surface area contributed by atoms with Gasteiger partial charge in [-0.3, -0.25) is 0 Å². The van der Waals surface area contributed by atoms with Crippen molar-refractivity contribution in [2.75, 3.05) is 6.61 Å². The monoisotopic (exact) mass is 470 g/mol. The van der Waals surface area contributed by atoms with Crippen LogP contribution in [0.2, 0.25) is 0 Å². The van der Waals surface area contributed by atoms with Crippen LogP contribution in [-0.4, -0.2) is 34.5 Å². The number of ether oxygens (including phenoxy) is 1. The van der Waals surface area contributed by atoms with Gasteiger partial charge in [-0.05, 0) is 26.2 Å². The van der Waals surface area contributed by atoms with E-state index in [1.807, 2.05) is 0 Å². The van der Waals surface area contributed by atoms with Gasteiger partial charge in [0.05, 0.1) is 6.10 Å². The van der Waals surface area contributed by atoms with Gasteiger partial charge < -0.3 is 14.9 Å². The highest BCUT2D eigenvalue weighted by Crippen LogP contribution is 2.27. The molecule has 0 fully saturated rings. The lowest BCUT2D eigenvalue weighted by Gasteiger charge is -2.31. The first-order chi connectivity index (χ1) is 16.0. The van der Waals surface area contributed by atoms with Crippen LogP contribution in [-0.2, 0) is 9.53 Å². The molecule has 0 aliphatic heterocycles. The van der Waals surface area contributed by atoms with E-state index >= 15 is 0 Å². The van der Waals surface area contributed by atoms with Crippen molar-refractivity contribution in [3.8, 4) is 0 Å². The smallest absolute Gasteiger partial charge is 0.336 e. The molecule has 0 aliphatic rings.